The molecule has 2 rings (SSSR count). The quantitative estimate of drug-likeness (QED) is 0.414. The van der Waals surface area contributed by atoms with Gasteiger partial charge in [0.2, 0.25) is 0 Å². The number of anilines is 1. The van der Waals surface area contributed by atoms with Gasteiger partial charge in [0, 0.05) is 11.9 Å². The summed E-state index contributed by atoms with van der Waals surface area (Å²) in [6.45, 7) is 3.28. The van der Waals surface area contributed by atoms with Crippen molar-refractivity contribution in [2.24, 2.45) is 16.5 Å². The molecule has 0 aliphatic heterocycles. The van der Waals surface area contributed by atoms with Crippen molar-refractivity contribution in [1.29, 1.82) is 0 Å². The number of thiazole rings is 1. The number of hydrogen-bond donors (Lipinski definition) is 3. The molecule has 114 valence electrons. The molecule has 0 amide bonds. The van der Waals surface area contributed by atoms with Gasteiger partial charge in [0.15, 0.2) is 16.9 Å². The Morgan fingerprint density at radius 1 is 1.43 bits per heavy atom. The molecule has 0 saturated carbocycles. The number of aliphatic imine (C=N–C) groups is 1. The molecular weight excluding hydrogens is 286 g/mol. The lowest BCUT2D eigenvalue weighted by atomic mass is 10.2. The Hall–Kier alpha value is -1.86. The predicted molar refractivity (Wildman–Crippen MR) is 87.3 cm³/mol. The number of unbranched alkanes of at least 4 members (excludes halogenated alkanes) is 2. The first-order chi connectivity index (χ1) is 10.2. The van der Waals surface area contributed by atoms with Crippen molar-refractivity contribution >= 4 is 22.4 Å². The van der Waals surface area contributed by atoms with E-state index < -0.39 is 0 Å². The number of furan rings is 1. The average molecular weight is 307 g/mol. The van der Waals surface area contributed by atoms with Crippen molar-refractivity contribution in [3.63, 3.8) is 0 Å². The fourth-order valence-corrected chi connectivity index (χ4v) is 2.49. The molecule has 2 aromatic rings. The molecule has 0 spiro atoms. The molecular formula is C14H21N5OS. The maximum atomic E-state index is 5.83. The second-order valence-corrected chi connectivity index (χ2v) is 5.47. The van der Waals surface area contributed by atoms with Gasteiger partial charge in [-0.25, -0.2) is 4.98 Å². The van der Waals surface area contributed by atoms with E-state index in [4.69, 9.17) is 15.9 Å². The molecule has 0 saturated heterocycles. The highest BCUT2D eigenvalue weighted by Crippen LogP contribution is 2.26. The second-order valence-electron chi connectivity index (χ2n) is 4.61. The summed E-state index contributed by atoms with van der Waals surface area (Å²) in [6, 6.07) is 3.72. The Labute approximate surface area is 128 Å². The first-order valence-corrected chi connectivity index (χ1v) is 7.92. The van der Waals surface area contributed by atoms with Crippen molar-refractivity contribution in [3.05, 3.63) is 23.3 Å². The summed E-state index contributed by atoms with van der Waals surface area (Å²) in [5.41, 5.74) is 12.1. The monoisotopic (exact) mass is 307 g/mol. The maximum Gasteiger partial charge on any atom is 0.194 e. The van der Waals surface area contributed by atoms with E-state index in [2.05, 4.69) is 22.2 Å². The summed E-state index contributed by atoms with van der Waals surface area (Å²) >= 11 is 1.46. The molecule has 2 heterocycles. The molecule has 0 atom stereocenters. The molecule has 0 aliphatic rings. The van der Waals surface area contributed by atoms with E-state index in [1.807, 2.05) is 17.5 Å². The summed E-state index contributed by atoms with van der Waals surface area (Å²) in [7, 11) is 0. The van der Waals surface area contributed by atoms with Crippen molar-refractivity contribution in [3.8, 4) is 11.5 Å². The smallest absolute Gasteiger partial charge is 0.194 e. The average Bonchev–Trinajstić information content (AvgIpc) is 3.12. The first kappa shape index (κ1) is 15.5. The number of nitrogens with two attached hydrogens (primary N) is 2. The number of nitrogens with one attached hydrogen (secondary N) is 1. The van der Waals surface area contributed by atoms with Gasteiger partial charge in [-0.3, -0.25) is 4.99 Å². The molecule has 6 nitrogen and oxygen atoms in total. The van der Waals surface area contributed by atoms with Crippen LogP contribution in [0.5, 0.6) is 0 Å². The van der Waals surface area contributed by atoms with E-state index in [0.717, 1.165) is 24.4 Å². The summed E-state index contributed by atoms with van der Waals surface area (Å²) in [5, 5.41) is 5.61. The van der Waals surface area contributed by atoms with Crippen molar-refractivity contribution in [1.82, 2.24) is 4.98 Å². The molecule has 0 aliphatic carbocycles. The van der Waals surface area contributed by atoms with Crippen molar-refractivity contribution in [2.75, 3.05) is 11.9 Å². The van der Waals surface area contributed by atoms with E-state index in [-0.39, 0.29) is 0 Å². The Kier molecular flexibility index (Phi) is 5.77. The lowest BCUT2D eigenvalue weighted by Gasteiger charge is -2.01. The molecule has 5 N–H and O–H groups in total. The molecule has 0 unspecified atom stereocenters. The zero-order valence-corrected chi connectivity index (χ0v) is 12.9. The number of rotatable bonds is 7. The van der Waals surface area contributed by atoms with Gasteiger partial charge >= 0.3 is 0 Å². The van der Waals surface area contributed by atoms with E-state index in [9.17, 15) is 0 Å². The summed E-state index contributed by atoms with van der Waals surface area (Å²) < 4.78 is 5.56. The minimum atomic E-state index is 0.382. The zero-order valence-electron chi connectivity index (χ0n) is 12.1. The Bertz CT molecular complexity index is 590. The number of nitrogens with zero attached hydrogens (tertiary/aromatic N) is 2. The highest BCUT2D eigenvalue weighted by atomic mass is 32.1. The van der Waals surface area contributed by atoms with E-state index in [0.29, 0.717) is 23.4 Å². The van der Waals surface area contributed by atoms with Crippen LogP contribution < -0.4 is 16.8 Å². The van der Waals surface area contributed by atoms with Gasteiger partial charge in [-0.05, 0) is 18.6 Å². The summed E-state index contributed by atoms with van der Waals surface area (Å²) in [4.78, 5) is 8.69. The third kappa shape index (κ3) is 4.57. The van der Waals surface area contributed by atoms with Gasteiger partial charge in [0.1, 0.15) is 11.5 Å². The van der Waals surface area contributed by atoms with Gasteiger partial charge in [-0.1, -0.05) is 19.8 Å². The van der Waals surface area contributed by atoms with E-state index >= 15 is 0 Å². The lowest BCUT2D eigenvalue weighted by molar-refractivity contribution is 0.524. The van der Waals surface area contributed by atoms with Gasteiger partial charge in [0.25, 0.3) is 0 Å². The minimum Gasteiger partial charge on any atom is -0.458 e. The summed E-state index contributed by atoms with van der Waals surface area (Å²) in [6.07, 6.45) is 3.39. The van der Waals surface area contributed by atoms with Crippen LogP contribution in [0.3, 0.4) is 0 Å². The number of aromatic nitrogens is 1. The molecule has 0 radical (unpaired) electrons. The molecule has 0 bridgehead atoms. The van der Waals surface area contributed by atoms with Crippen molar-refractivity contribution in [2.45, 2.75) is 32.7 Å². The Balaban J connectivity index is 1.93. The topological polar surface area (TPSA) is 102 Å². The van der Waals surface area contributed by atoms with E-state index in [1.54, 1.807) is 0 Å². The second kappa shape index (κ2) is 7.80. The maximum absolute atomic E-state index is 5.83. The molecule has 2 aromatic heterocycles. The highest BCUT2D eigenvalue weighted by molar-refractivity contribution is 7.14. The van der Waals surface area contributed by atoms with Crippen LogP contribution in [0.1, 0.15) is 31.9 Å². The third-order valence-corrected chi connectivity index (χ3v) is 3.66. The standard InChI is InChI=1S/C14H21N5OS/c1-2-3-4-7-17-13(16)19-14-18-11(9-21-14)12-6-5-10(8-15)20-12/h5-6,9H,2-4,7-8,15H2,1H3,(H3,16,17,18,19). The van der Waals surface area contributed by atoms with Crippen LogP contribution in [0, 0.1) is 0 Å². The van der Waals surface area contributed by atoms with Crippen LogP contribution in [0.25, 0.3) is 11.5 Å². The fraction of sp³-hybridized carbons (Fsp3) is 0.429. The minimum absolute atomic E-state index is 0.382. The fourth-order valence-electron chi connectivity index (χ4n) is 1.78. The van der Waals surface area contributed by atoms with Crippen molar-refractivity contribution < 1.29 is 4.42 Å². The van der Waals surface area contributed by atoms with Gasteiger partial charge in [-0.15, -0.1) is 11.3 Å². The first-order valence-electron chi connectivity index (χ1n) is 7.04. The number of guanidine groups is 1. The van der Waals surface area contributed by atoms with Gasteiger partial charge < -0.3 is 21.2 Å². The van der Waals surface area contributed by atoms with Crippen LogP contribution in [0.15, 0.2) is 26.9 Å². The van der Waals surface area contributed by atoms with E-state index in [1.165, 1.54) is 24.2 Å². The Morgan fingerprint density at radius 2 is 2.29 bits per heavy atom. The van der Waals surface area contributed by atoms with Gasteiger partial charge in [0.05, 0.1) is 6.54 Å². The number of hydrogen-bond acceptors (Lipinski definition) is 5. The van der Waals surface area contributed by atoms with Crippen LogP contribution >= 0.6 is 11.3 Å². The van der Waals surface area contributed by atoms with Crippen LogP contribution in [-0.4, -0.2) is 17.5 Å². The molecule has 21 heavy (non-hydrogen) atoms. The third-order valence-electron chi connectivity index (χ3n) is 2.90. The lowest BCUT2D eigenvalue weighted by Crippen LogP contribution is -2.22. The normalized spacial score (nSPS) is 11.8. The largest absolute Gasteiger partial charge is 0.458 e. The van der Waals surface area contributed by atoms with Gasteiger partial charge in [-0.2, -0.15) is 0 Å². The Morgan fingerprint density at radius 3 is 3.00 bits per heavy atom. The predicted octanol–water partition coefficient (Wildman–Crippen LogP) is 2.78. The molecule has 0 fully saturated rings. The van der Waals surface area contributed by atoms with Crippen LogP contribution in [0.2, 0.25) is 0 Å². The SMILES string of the molecule is CCCCCN=C(N)Nc1nc(-c2ccc(CN)o2)cs1. The zero-order chi connectivity index (χ0) is 15.1. The summed E-state index contributed by atoms with van der Waals surface area (Å²) in [5.74, 6) is 1.84. The highest BCUT2D eigenvalue weighted by Gasteiger charge is 2.09. The molecule has 0 aromatic carbocycles. The van der Waals surface area contributed by atoms with Crippen LogP contribution in [0.4, 0.5) is 5.13 Å². The van der Waals surface area contributed by atoms with Crippen LogP contribution in [-0.2, 0) is 6.54 Å². The molecule has 7 heteroatoms.